The highest BCUT2D eigenvalue weighted by atomic mass is 19.1. The normalized spacial score (nSPS) is 21.5. The largest absolute Gasteiger partial charge is 0.491 e. The lowest BCUT2D eigenvalue weighted by molar-refractivity contribution is -0.134. The van der Waals surface area contributed by atoms with Crippen LogP contribution in [0, 0.1) is 11.7 Å². The van der Waals surface area contributed by atoms with Crippen LogP contribution in [0.3, 0.4) is 0 Å². The van der Waals surface area contributed by atoms with Gasteiger partial charge in [0.2, 0.25) is 17.7 Å². The first kappa shape index (κ1) is 30.0. The van der Waals surface area contributed by atoms with Crippen LogP contribution in [0.15, 0.2) is 48.5 Å². The van der Waals surface area contributed by atoms with Gasteiger partial charge < -0.3 is 26.0 Å². The van der Waals surface area contributed by atoms with E-state index >= 15 is 0 Å². The first-order chi connectivity index (χ1) is 19.7. The van der Waals surface area contributed by atoms with E-state index < -0.39 is 23.4 Å². The van der Waals surface area contributed by atoms with Gasteiger partial charge in [-0.3, -0.25) is 19.2 Å². The average molecular weight is 567 g/mol. The fourth-order valence-corrected chi connectivity index (χ4v) is 5.31. The molecule has 1 spiro atoms. The first-order valence-electron chi connectivity index (χ1n) is 14.3. The van der Waals surface area contributed by atoms with Crippen molar-refractivity contribution >= 4 is 23.6 Å². The summed E-state index contributed by atoms with van der Waals surface area (Å²) in [5.74, 6) is -1.63. The number of amides is 4. The molecule has 10 heteroatoms. The van der Waals surface area contributed by atoms with Crippen molar-refractivity contribution in [2.45, 2.75) is 76.4 Å². The Hall–Kier alpha value is -3.95. The van der Waals surface area contributed by atoms with Gasteiger partial charge in [0.15, 0.2) is 0 Å². The Bertz CT molecular complexity index is 1260. The predicted octanol–water partition coefficient (Wildman–Crippen LogP) is 3.03. The molecule has 4 rings (SSSR count). The summed E-state index contributed by atoms with van der Waals surface area (Å²) in [5.41, 5.74) is -0.329. The molecular weight excluding hydrogens is 527 g/mol. The highest BCUT2D eigenvalue weighted by Gasteiger charge is 2.43. The van der Waals surface area contributed by atoms with Gasteiger partial charge in [-0.25, -0.2) is 4.39 Å². The van der Waals surface area contributed by atoms with Crippen LogP contribution < -0.4 is 26.0 Å². The molecule has 2 atom stereocenters. The fourth-order valence-electron chi connectivity index (χ4n) is 5.31. The van der Waals surface area contributed by atoms with Crippen LogP contribution in [0.4, 0.5) is 4.39 Å². The van der Waals surface area contributed by atoms with E-state index in [0.717, 1.165) is 12.8 Å². The molecule has 1 heterocycles. The maximum absolute atomic E-state index is 14.0. The smallest absolute Gasteiger partial charge is 0.255 e. The summed E-state index contributed by atoms with van der Waals surface area (Å²) >= 11 is 0. The summed E-state index contributed by atoms with van der Waals surface area (Å²) in [7, 11) is 0. The van der Waals surface area contributed by atoms with Gasteiger partial charge in [-0.1, -0.05) is 57.0 Å². The zero-order chi connectivity index (χ0) is 29.4. The number of carbonyl (C=O) groups excluding carboxylic acids is 4. The Morgan fingerprint density at radius 2 is 1.76 bits per heavy atom. The molecule has 1 aliphatic carbocycles. The molecule has 1 fully saturated rings. The molecule has 2 aromatic carbocycles. The van der Waals surface area contributed by atoms with E-state index in [9.17, 15) is 23.6 Å². The molecular formula is C31H39FN4O5. The third-order valence-electron chi connectivity index (χ3n) is 7.88. The zero-order valence-corrected chi connectivity index (χ0v) is 23.6. The number of para-hydroxylation sites is 1. The van der Waals surface area contributed by atoms with E-state index in [-0.39, 0.29) is 67.6 Å². The van der Waals surface area contributed by atoms with E-state index in [2.05, 4.69) is 21.3 Å². The summed E-state index contributed by atoms with van der Waals surface area (Å²) in [6, 6.07) is 11.6. The molecule has 9 nitrogen and oxygen atoms in total. The van der Waals surface area contributed by atoms with Crippen molar-refractivity contribution in [2.75, 3.05) is 13.2 Å². The molecule has 4 amide bonds. The topological polar surface area (TPSA) is 126 Å². The van der Waals surface area contributed by atoms with Crippen LogP contribution in [0.25, 0.3) is 0 Å². The lowest BCUT2D eigenvalue weighted by Crippen LogP contribution is -2.60. The van der Waals surface area contributed by atoms with Gasteiger partial charge >= 0.3 is 0 Å². The van der Waals surface area contributed by atoms with Crippen LogP contribution in [0.5, 0.6) is 5.75 Å². The number of rotatable bonds is 5. The van der Waals surface area contributed by atoms with Gasteiger partial charge in [-0.2, -0.15) is 0 Å². The monoisotopic (exact) mass is 566 g/mol. The number of halogens is 1. The van der Waals surface area contributed by atoms with Crippen LogP contribution >= 0.6 is 0 Å². The molecule has 1 saturated carbocycles. The number of benzene rings is 2. The third kappa shape index (κ3) is 7.62. The Labute approximate surface area is 240 Å². The predicted molar refractivity (Wildman–Crippen MR) is 152 cm³/mol. The Kier molecular flexibility index (Phi) is 9.96. The van der Waals surface area contributed by atoms with E-state index in [1.807, 2.05) is 13.8 Å². The molecule has 0 unspecified atom stereocenters. The average Bonchev–Trinajstić information content (AvgIpc) is 3.43. The van der Waals surface area contributed by atoms with E-state index in [1.54, 1.807) is 42.5 Å². The quantitative estimate of drug-likeness (QED) is 0.443. The number of hydrogen-bond donors (Lipinski definition) is 4. The van der Waals surface area contributed by atoms with E-state index in [1.165, 1.54) is 6.07 Å². The van der Waals surface area contributed by atoms with Crippen LogP contribution in [0.1, 0.15) is 68.3 Å². The first-order valence-corrected chi connectivity index (χ1v) is 14.3. The highest BCUT2D eigenvalue weighted by Crippen LogP contribution is 2.31. The second-order valence-corrected chi connectivity index (χ2v) is 11.2. The Morgan fingerprint density at radius 1 is 1.05 bits per heavy atom. The van der Waals surface area contributed by atoms with E-state index in [0.29, 0.717) is 24.2 Å². The number of hydrogen-bond acceptors (Lipinski definition) is 5. The lowest BCUT2D eigenvalue weighted by atomic mass is 9.94. The summed E-state index contributed by atoms with van der Waals surface area (Å²) in [6.07, 6.45) is 2.88. The minimum absolute atomic E-state index is 0.0123. The van der Waals surface area contributed by atoms with Crippen LogP contribution in [-0.2, 0) is 20.8 Å². The second-order valence-electron chi connectivity index (χ2n) is 11.2. The van der Waals surface area contributed by atoms with E-state index in [4.69, 9.17) is 4.74 Å². The van der Waals surface area contributed by atoms with Crippen molar-refractivity contribution < 1.29 is 28.3 Å². The standard InChI is InChI=1S/C31H39FN4O5/c1-20(2)25-19-41-26-12-6-4-10-22(26)28(38)34-24(29(39)33-18-15-21-9-3-5-11-23(21)32)13-14-27(37)36-31(30(40)35-25)16-7-8-17-31/h3-6,9-12,20,24-25H,7-8,13-19H2,1-2H3,(H,33,39)(H,34,38)(H,35,40)(H,36,37)/t24-,25-/m0/s1. The number of carbonyl (C=O) groups is 4. The molecule has 41 heavy (non-hydrogen) atoms. The second kappa shape index (κ2) is 13.6. The van der Waals surface area contributed by atoms with Crippen molar-refractivity contribution in [3.8, 4) is 5.75 Å². The highest BCUT2D eigenvalue weighted by molar-refractivity contribution is 6.00. The summed E-state index contributed by atoms with van der Waals surface area (Å²) in [4.78, 5) is 53.2. The van der Waals surface area contributed by atoms with Gasteiger partial charge in [0.1, 0.15) is 29.8 Å². The van der Waals surface area contributed by atoms with Crippen molar-refractivity contribution in [1.29, 1.82) is 0 Å². The molecule has 220 valence electrons. The minimum atomic E-state index is -1.04. The van der Waals surface area contributed by atoms with Gasteiger partial charge in [-0.05, 0) is 55.4 Å². The zero-order valence-electron chi connectivity index (χ0n) is 23.6. The Morgan fingerprint density at radius 3 is 2.49 bits per heavy atom. The Balaban J connectivity index is 1.56. The summed E-state index contributed by atoms with van der Waals surface area (Å²) < 4.78 is 20.1. The summed E-state index contributed by atoms with van der Waals surface area (Å²) in [5, 5.41) is 11.5. The van der Waals surface area contributed by atoms with Crippen LogP contribution in [-0.4, -0.2) is 54.4 Å². The number of fused-ring (bicyclic) bond motifs is 1. The molecule has 0 aromatic heterocycles. The molecule has 0 radical (unpaired) electrons. The van der Waals surface area contributed by atoms with Crippen molar-refractivity contribution in [3.05, 3.63) is 65.5 Å². The minimum Gasteiger partial charge on any atom is -0.491 e. The SMILES string of the molecule is CC(C)[C@@H]1COc2ccccc2C(=O)N[C@H](C(=O)NCCc2ccccc2F)CCC(=O)NC2(CCCC2)C(=O)N1. The van der Waals surface area contributed by atoms with Gasteiger partial charge in [0.25, 0.3) is 5.91 Å². The van der Waals surface area contributed by atoms with Gasteiger partial charge in [0.05, 0.1) is 11.6 Å². The van der Waals surface area contributed by atoms with Crippen molar-refractivity contribution in [3.63, 3.8) is 0 Å². The van der Waals surface area contributed by atoms with Crippen molar-refractivity contribution in [1.82, 2.24) is 21.3 Å². The molecule has 0 bridgehead atoms. The maximum Gasteiger partial charge on any atom is 0.255 e. The number of nitrogens with one attached hydrogen (secondary N) is 4. The molecule has 2 aromatic rings. The number of ether oxygens (including phenoxy) is 1. The molecule has 2 aliphatic rings. The van der Waals surface area contributed by atoms with Crippen molar-refractivity contribution in [2.24, 2.45) is 5.92 Å². The fraction of sp³-hybridized carbons (Fsp3) is 0.484. The summed E-state index contributed by atoms with van der Waals surface area (Å²) in [6.45, 7) is 4.21. The molecule has 0 saturated heterocycles. The molecule has 1 aliphatic heterocycles. The molecule has 4 N–H and O–H groups in total. The maximum atomic E-state index is 14.0. The van der Waals surface area contributed by atoms with Crippen LogP contribution in [0.2, 0.25) is 0 Å². The van der Waals surface area contributed by atoms with Gasteiger partial charge in [0, 0.05) is 13.0 Å². The third-order valence-corrected chi connectivity index (χ3v) is 7.88. The lowest BCUT2D eigenvalue weighted by Gasteiger charge is -2.32. The van der Waals surface area contributed by atoms with Gasteiger partial charge in [-0.15, -0.1) is 0 Å².